The van der Waals surface area contributed by atoms with Crippen LogP contribution in [0.3, 0.4) is 0 Å². The summed E-state index contributed by atoms with van der Waals surface area (Å²) >= 11 is 0. The molecule has 130 valence electrons. The zero-order valence-electron chi connectivity index (χ0n) is 13.8. The summed E-state index contributed by atoms with van der Waals surface area (Å²) in [5.41, 5.74) is 1.47. The van der Waals surface area contributed by atoms with E-state index in [1.807, 2.05) is 31.5 Å². The predicted octanol–water partition coefficient (Wildman–Crippen LogP) is 2.02. The number of aryl methyl sites for hydroxylation is 2. The number of nitro groups is 1. The molecule has 1 N–H and O–H groups in total. The first-order valence-corrected chi connectivity index (χ1v) is 8.93. The number of nitrogens with zero attached hydrogens (tertiary/aromatic N) is 3. The average molecular weight is 352 g/mol. The Balaban J connectivity index is 2.08. The third-order valence-corrected chi connectivity index (χ3v) is 5.03. The summed E-state index contributed by atoms with van der Waals surface area (Å²) in [4.78, 5) is 9.96. The number of rotatable bonds is 7. The number of sulfonamides is 1. The molecule has 0 aliphatic heterocycles. The van der Waals surface area contributed by atoms with Crippen LogP contribution in [0.15, 0.2) is 35.2 Å². The van der Waals surface area contributed by atoms with Crippen molar-refractivity contribution in [3.8, 4) is 0 Å². The van der Waals surface area contributed by atoms with Gasteiger partial charge in [0, 0.05) is 24.8 Å². The number of hydrogen-bond acceptors (Lipinski definition) is 5. The fourth-order valence-corrected chi connectivity index (χ4v) is 3.72. The van der Waals surface area contributed by atoms with Gasteiger partial charge in [-0.1, -0.05) is 19.1 Å². The highest BCUT2D eigenvalue weighted by Crippen LogP contribution is 2.22. The summed E-state index contributed by atoms with van der Waals surface area (Å²) in [5, 5.41) is 15.3. The summed E-state index contributed by atoms with van der Waals surface area (Å²) < 4.78 is 29.0. The third-order valence-electron chi connectivity index (χ3n) is 3.56. The van der Waals surface area contributed by atoms with E-state index in [1.165, 1.54) is 24.3 Å². The molecule has 1 aromatic carbocycles. The highest BCUT2D eigenvalue weighted by atomic mass is 32.2. The van der Waals surface area contributed by atoms with Crippen LogP contribution >= 0.6 is 0 Å². The first-order chi connectivity index (χ1) is 11.2. The molecule has 0 saturated heterocycles. The smallest absolute Gasteiger partial charge is 0.269 e. The third kappa shape index (κ3) is 4.18. The predicted molar refractivity (Wildman–Crippen MR) is 89.1 cm³/mol. The molecule has 0 spiro atoms. The topological polar surface area (TPSA) is 107 Å². The van der Waals surface area contributed by atoms with Crippen LogP contribution in [0.25, 0.3) is 0 Å². The van der Waals surface area contributed by atoms with Gasteiger partial charge in [-0.25, -0.2) is 13.1 Å². The molecule has 0 bridgehead atoms. The van der Waals surface area contributed by atoms with Crippen LogP contribution in [0.5, 0.6) is 0 Å². The van der Waals surface area contributed by atoms with E-state index in [9.17, 15) is 18.5 Å². The number of aromatic nitrogens is 2. The Bertz CT molecular complexity index is 845. The van der Waals surface area contributed by atoms with Gasteiger partial charge in [-0.15, -0.1) is 0 Å². The van der Waals surface area contributed by atoms with Crippen LogP contribution in [0.1, 0.15) is 18.3 Å². The highest BCUT2D eigenvalue weighted by molar-refractivity contribution is 7.89. The van der Waals surface area contributed by atoms with E-state index in [1.54, 1.807) is 0 Å². The Morgan fingerprint density at radius 3 is 2.58 bits per heavy atom. The second-order valence-corrected chi connectivity index (χ2v) is 7.53. The molecule has 0 amide bonds. The number of nitrogens with one attached hydrogen (secondary N) is 1. The van der Waals surface area contributed by atoms with Gasteiger partial charge in [0.25, 0.3) is 5.69 Å². The van der Waals surface area contributed by atoms with Crippen LogP contribution < -0.4 is 4.72 Å². The number of nitro benzene ring substituents is 1. The van der Waals surface area contributed by atoms with Gasteiger partial charge in [0.2, 0.25) is 10.0 Å². The van der Waals surface area contributed by atoms with Crippen LogP contribution in [0, 0.1) is 29.9 Å². The molecule has 8 nitrogen and oxygen atoms in total. The van der Waals surface area contributed by atoms with Gasteiger partial charge in [0.1, 0.15) is 0 Å². The molecular weight excluding hydrogens is 332 g/mol. The number of para-hydroxylation sites is 1. The Hall–Kier alpha value is -2.26. The fraction of sp³-hybridized carbons (Fsp3) is 0.400. The first-order valence-electron chi connectivity index (χ1n) is 7.45. The largest absolute Gasteiger partial charge is 0.289 e. The van der Waals surface area contributed by atoms with Gasteiger partial charge in [0.15, 0.2) is 4.90 Å². The SMILES string of the molecule is Cc1cc(C)n(C[C@@H](C)CNS(=O)(=O)c2ccccc2[N+](=O)[O-])n1. The van der Waals surface area contributed by atoms with Crippen LogP contribution in [0.4, 0.5) is 5.69 Å². The Labute approximate surface area is 140 Å². The van der Waals surface area contributed by atoms with E-state index < -0.39 is 20.6 Å². The molecule has 0 aliphatic carbocycles. The standard InChI is InChI=1S/C15H20N4O4S/c1-11(10-18-13(3)8-12(2)17-18)9-16-24(22,23)15-7-5-4-6-14(15)19(20)21/h4-8,11,16H,9-10H2,1-3H3/t11-/m0/s1. The second-order valence-electron chi connectivity index (χ2n) is 5.79. The van der Waals surface area contributed by atoms with E-state index in [0.29, 0.717) is 6.54 Å². The van der Waals surface area contributed by atoms with E-state index in [-0.39, 0.29) is 17.4 Å². The lowest BCUT2D eigenvalue weighted by molar-refractivity contribution is -0.387. The molecule has 2 rings (SSSR count). The van der Waals surface area contributed by atoms with Crippen LogP contribution in [-0.2, 0) is 16.6 Å². The van der Waals surface area contributed by atoms with Crippen LogP contribution in [-0.4, -0.2) is 29.7 Å². The van der Waals surface area contributed by atoms with E-state index in [0.717, 1.165) is 11.4 Å². The molecule has 0 unspecified atom stereocenters. The highest BCUT2D eigenvalue weighted by Gasteiger charge is 2.25. The maximum atomic E-state index is 12.3. The molecule has 9 heteroatoms. The summed E-state index contributed by atoms with van der Waals surface area (Å²) in [6.45, 7) is 6.43. The molecule has 0 aliphatic rings. The lowest BCUT2D eigenvalue weighted by Gasteiger charge is -2.14. The van der Waals surface area contributed by atoms with Gasteiger partial charge < -0.3 is 0 Å². The molecule has 0 radical (unpaired) electrons. The Kier molecular flexibility index (Phi) is 5.35. The first kappa shape index (κ1) is 18.1. The van der Waals surface area contributed by atoms with Crippen molar-refractivity contribution in [3.05, 3.63) is 51.8 Å². The van der Waals surface area contributed by atoms with Gasteiger partial charge >= 0.3 is 0 Å². The van der Waals surface area contributed by atoms with Crippen LogP contribution in [0.2, 0.25) is 0 Å². The van der Waals surface area contributed by atoms with Gasteiger partial charge in [-0.05, 0) is 31.9 Å². The monoisotopic (exact) mass is 352 g/mol. The lowest BCUT2D eigenvalue weighted by Crippen LogP contribution is -2.30. The van der Waals surface area contributed by atoms with Gasteiger partial charge in [0.05, 0.1) is 10.6 Å². The second kappa shape index (κ2) is 7.10. The molecule has 0 saturated carbocycles. The average Bonchev–Trinajstić information content (AvgIpc) is 2.83. The maximum absolute atomic E-state index is 12.3. The zero-order chi connectivity index (χ0) is 17.9. The molecule has 1 heterocycles. The van der Waals surface area contributed by atoms with Crippen molar-refractivity contribution >= 4 is 15.7 Å². The van der Waals surface area contributed by atoms with Gasteiger partial charge in [-0.2, -0.15) is 5.10 Å². The van der Waals surface area contributed by atoms with Crippen molar-refractivity contribution < 1.29 is 13.3 Å². The van der Waals surface area contributed by atoms with Gasteiger partial charge in [-0.3, -0.25) is 14.8 Å². The molecule has 0 fully saturated rings. The Morgan fingerprint density at radius 1 is 1.33 bits per heavy atom. The van der Waals surface area contributed by atoms with Crippen molar-refractivity contribution in [2.45, 2.75) is 32.2 Å². The molecule has 1 aromatic heterocycles. The summed E-state index contributed by atoms with van der Waals surface area (Å²) in [7, 11) is -3.95. The zero-order valence-corrected chi connectivity index (χ0v) is 14.6. The van der Waals surface area contributed by atoms with Crippen molar-refractivity contribution in [3.63, 3.8) is 0 Å². The molecule has 2 aromatic rings. The van der Waals surface area contributed by atoms with E-state index >= 15 is 0 Å². The molecule has 1 atom stereocenters. The van der Waals surface area contributed by atoms with Crippen molar-refractivity contribution in [1.82, 2.24) is 14.5 Å². The normalized spacial score (nSPS) is 13.0. The van der Waals surface area contributed by atoms with Crippen molar-refractivity contribution in [1.29, 1.82) is 0 Å². The minimum Gasteiger partial charge on any atom is -0.269 e. The lowest BCUT2D eigenvalue weighted by atomic mass is 10.2. The fourth-order valence-electron chi connectivity index (χ4n) is 2.38. The Morgan fingerprint density at radius 2 is 2.00 bits per heavy atom. The minimum atomic E-state index is -3.95. The number of benzene rings is 1. The minimum absolute atomic E-state index is 0.0273. The van der Waals surface area contributed by atoms with E-state index in [2.05, 4.69) is 9.82 Å². The van der Waals surface area contributed by atoms with Crippen molar-refractivity contribution in [2.24, 2.45) is 5.92 Å². The van der Waals surface area contributed by atoms with E-state index in [4.69, 9.17) is 0 Å². The summed E-state index contributed by atoms with van der Waals surface area (Å²) in [6, 6.07) is 7.24. The quantitative estimate of drug-likeness (QED) is 0.606. The summed E-state index contributed by atoms with van der Waals surface area (Å²) in [6.07, 6.45) is 0. The van der Waals surface area contributed by atoms with Crippen molar-refractivity contribution in [2.75, 3.05) is 6.54 Å². The maximum Gasteiger partial charge on any atom is 0.289 e. The number of hydrogen-bond donors (Lipinski definition) is 1. The molecule has 24 heavy (non-hydrogen) atoms. The molecular formula is C15H20N4O4S. The summed E-state index contributed by atoms with van der Waals surface area (Å²) in [5.74, 6) is -0.0273.